The number of hydrogen-bond donors (Lipinski definition) is 1. The van der Waals surface area contributed by atoms with Crippen molar-refractivity contribution in [2.45, 2.75) is 19.9 Å². The summed E-state index contributed by atoms with van der Waals surface area (Å²) in [5.41, 5.74) is 1.72. The maximum absolute atomic E-state index is 11.0. The van der Waals surface area contributed by atoms with Gasteiger partial charge in [-0.3, -0.25) is 14.4 Å². The number of aryl methyl sites for hydroxylation is 2. The molecule has 1 aromatic rings. The van der Waals surface area contributed by atoms with Crippen molar-refractivity contribution in [1.82, 2.24) is 19.6 Å². The third-order valence-electron chi connectivity index (χ3n) is 3.10. The SMILES string of the molecule is CCc1nn(C)c(CN(CCN(C)C)CC(=O)O)c1Cl. The summed E-state index contributed by atoms with van der Waals surface area (Å²) >= 11 is 6.31. The molecule has 1 rings (SSSR count). The van der Waals surface area contributed by atoms with Crippen molar-refractivity contribution in [2.24, 2.45) is 7.05 Å². The summed E-state index contributed by atoms with van der Waals surface area (Å²) in [6.07, 6.45) is 0.767. The summed E-state index contributed by atoms with van der Waals surface area (Å²) in [4.78, 5) is 14.9. The van der Waals surface area contributed by atoms with Crippen LogP contribution in [0.4, 0.5) is 0 Å². The van der Waals surface area contributed by atoms with E-state index in [1.54, 1.807) is 4.68 Å². The highest BCUT2D eigenvalue weighted by Gasteiger charge is 2.18. The maximum atomic E-state index is 11.0. The first-order chi connectivity index (χ1) is 9.35. The Labute approximate surface area is 124 Å². The lowest BCUT2D eigenvalue weighted by Crippen LogP contribution is -2.35. The molecule has 1 heterocycles. The first-order valence-electron chi connectivity index (χ1n) is 6.64. The van der Waals surface area contributed by atoms with Crippen LogP contribution in [0.3, 0.4) is 0 Å². The van der Waals surface area contributed by atoms with Crippen molar-refractivity contribution in [3.05, 3.63) is 16.4 Å². The van der Waals surface area contributed by atoms with Crippen LogP contribution in [0.2, 0.25) is 5.02 Å². The topological polar surface area (TPSA) is 61.6 Å². The number of carbonyl (C=O) groups is 1. The molecule has 0 amide bonds. The Morgan fingerprint density at radius 3 is 2.50 bits per heavy atom. The van der Waals surface area contributed by atoms with Gasteiger partial charge in [-0.25, -0.2) is 0 Å². The number of halogens is 1. The van der Waals surface area contributed by atoms with Crippen LogP contribution >= 0.6 is 11.6 Å². The average molecular weight is 303 g/mol. The lowest BCUT2D eigenvalue weighted by atomic mass is 10.3. The van der Waals surface area contributed by atoms with Crippen molar-refractivity contribution in [3.63, 3.8) is 0 Å². The highest BCUT2D eigenvalue weighted by Crippen LogP contribution is 2.22. The summed E-state index contributed by atoms with van der Waals surface area (Å²) in [7, 11) is 5.77. The van der Waals surface area contributed by atoms with E-state index in [0.717, 1.165) is 24.4 Å². The molecule has 7 heteroatoms. The molecule has 6 nitrogen and oxygen atoms in total. The lowest BCUT2D eigenvalue weighted by Gasteiger charge is -2.22. The van der Waals surface area contributed by atoms with Crippen LogP contribution in [0.15, 0.2) is 0 Å². The van der Waals surface area contributed by atoms with Crippen molar-refractivity contribution < 1.29 is 9.90 Å². The molecule has 1 N–H and O–H groups in total. The fraction of sp³-hybridized carbons (Fsp3) is 0.692. The molecule has 0 aliphatic rings. The van der Waals surface area contributed by atoms with E-state index in [0.29, 0.717) is 18.1 Å². The lowest BCUT2D eigenvalue weighted by molar-refractivity contribution is -0.138. The van der Waals surface area contributed by atoms with E-state index in [2.05, 4.69) is 5.10 Å². The van der Waals surface area contributed by atoms with Gasteiger partial charge in [0.15, 0.2) is 0 Å². The van der Waals surface area contributed by atoms with E-state index in [9.17, 15) is 4.79 Å². The van der Waals surface area contributed by atoms with Gasteiger partial charge in [-0.2, -0.15) is 5.10 Å². The van der Waals surface area contributed by atoms with E-state index in [4.69, 9.17) is 16.7 Å². The highest BCUT2D eigenvalue weighted by molar-refractivity contribution is 6.31. The first-order valence-corrected chi connectivity index (χ1v) is 7.02. The summed E-state index contributed by atoms with van der Waals surface area (Å²) < 4.78 is 1.74. The molecule has 0 atom stereocenters. The highest BCUT2D eigenvalue weighted by atomic mass is 35.5. The van der Waals surface area contributed by atoms with Crippen LogP contribution in [-0.2, 0) is 24.8 Å². The molecule has 0 fully saturated rings. The molecule has 0 bridgehead atoms. The quantitative estimate of drug-likeness (QED) is 0.779. The van der Waals surface area contributed by atoms with Gasteiger partial charge in [0.05, 0.1) is 23.0 Å². The smallest absolute Gasteiger partial charge is 0.317 e. The monoisotopic (exact) mass is 302 g/mol. The number of likely N-dealkylation sites (N-methyl/N-ethyl adjacent to an activating group) is 1. The van der Waals surface area contributed by atoms with Gasteiger partial charge in [-0.1, -0.05) is 18.5 Å². The van der Waals surface area contributed by atoms with Gasteiger partial charge in [-0.15, -0.1) is 0 Å². The number of rotatable bonds is 8. The zero-order valence-corrected chi connectivity index (χ0v) is 13.3. The van der Waals surface area contributed by atoms with Crippen molar-refractivity contribution in [1.29, 1.82) is 0 Å². The Morgan fingerprint density at radius 1 is 1.40 bits per heavy atom. The third-order valence-corrected chi connectivity index (χ3v) is 3.53. The van der Waals surface area contributed by atoms with Crippen molar-refractivity contribution >= 4 is 17.6 Å². The van der Waals surface area contributed by atoms with E-state index in [1.807, 2.05) is 37.9 Å². The molecular formula is C13H23ClN4O2. The van der Waals surface area contributed by atoms with Gasteiger partial charge in [0.1, 0.15) is 0 Å². The van der Waals surface area contributed by atoms with E-state index < -0.39 is 5.97 Å². The third kappa shape index (κ3) is 4.77. The van der Waals surface area contributed by atoms with Gasteiger partial charge in [0.25, 0.3) is 0 Å². The summed E-state index contributed by atoms with van der Waals surface area (Å²) in [5.74, 6) is -0.835. The second-order valence-electron chi connectivity index (χ2n) is 5.09. The van der Waals surface area contributed by atoms with Crippen LogP contribution in [-0.4, -0.2) is 64.4 Å². The summed E-state index contributed by atoms with van der Waals surface area (Å²) in [5, 5.41) is 14.0. The zero-order valence-electron chi connectivity index (χ0n) is 12.6. The number of carboxylic acid groups (broad SMARTS) is 1. The first kappa shape index (κ1) is 16.9. The minimum atomic E-state index is -0.835. The Balaban J connectivity index is 2.83. The largest absolute Gasteiger partial charge is 0.480 e. The molecule has 0 spiro atoms. The molecule has 0 aromatic carbocycles. The van der Waals surface area contributed by atoms with Gasteiger partial charge in [-0.05, 0) is 20.5 Å². The van der Waals surface area contributed by atoms with Crippen LogP contribution in [0, 0.1) is 0 Å². The number of hydrogen-bond acceptors (Lipinski definition) is 4. The average Bonchev–Trinajstić information content (AvgIpc) is 2.62. The molecule has 0 saturated carbocycles. The standard InChI is InChI=1S/C13H23ClN4O2/c1-5-10-13(14)11(17(4)15-10)8-18(9-12(19)20)7-6-16(2)3/h5-9H2,1-4H3,(H,19,20). The second kappa shape index (κ2) is 7.61. The van der Waals surface area contributed by atoms with E-state index >= 15 is 0 Å². The van der Waals surface area contributed by atoms with E-state index in [-0.39, 0.29) is 6.54 Å². The minimum absolute atomic E-state index is 0.00317. The Morgan fingerprint density at radius 2 is 2.05 bits per heavy atom. The fourth-order valence-corrected chi connectivity index (χ4v) is 2.30. The van der Waals surface area contributed by atoms with Gasteiger partial charge in [0.2, 0.25) is 0 Å². The predicted molar refractivity (Wildman–Crippen MR) is 79.1 cm³/mol. The summed E-state index contributed by atoms with van der Waals surface area (Å²) in [6, 6.07) is 0. The number of nitrogens with zero attached hydrogens (tertiary/aromatic N) is 4. The normalized spacial score (nSPS) is 11.6. The van der Waals surface area contributed by atoms with Gasteiger partial charge in [0, 0.05) is 26.7 Å². The van der Waals surface area contributed by atoms with Crippen LogP contribution < -0.4 is 0 Å². The second-order valence-corrected chi connectivity index (χ2v) is 5.47. The summed E-state index contributed by atoms with van der Waals surface area (Å²) in [6.45, 7) is 3.95. The molecule has 0 aliphatic carbocycles. The molecule has 1 aromatic heterocycles. The molecule has 0 aliphatic heterocycles. The van der Waals surface area contributed by atoms with Crippen molar-refractivity contribution in [3.8, 4) is 0 Å². The Hall–Kier alpha value is -1.11. The van der Waals surface area contributed by atoms with E-state index in [1.165, 1.54) is 0 Å². The molecular weight excluding hydrogens is 280 g/mol. The molecule has 20 heavy (non-hydrogen) atoms. The Bertz CT molecular complexity index is 459. The number of aliphatic carboxylic acids is 1. The fourth-order valence-electron chi connectivity index (χ4n) is 1.95. The van der Waals surface area contributed by atoms with Gasteiger partial charge >= 0.3 is 5.97 Å². The maximum Gasteiger partial charge on any atom is 0.317 e. The number of carboxylic acids is 1. The van der Waals surface area contributed by atoms with Crippen LogP contribution in [0.5, 0.6) is 0 Å². The van der Waals surface area contributed by atoms with Crippen LogP contribution in [0.1, 0.15) is 18.3 Å². The molecule has 114 valence electrons. The Kier molecular flexibility index (Phi) is 6.45. The predicted octanol–water partition coefficient (Wildman–Crippen LogP) is 1.08. The number of aromatic nitrogens is 2. The van der Waals surface area contributed by atoms with Crippen LogP contribution in [0.25, 0.3) is 0 Å². The van der Waals surface area contributed by atoms with Crippen molar-refractivity contribution in [2.75, 3.05) is 33.7 Å². The minimum Gasteiger partial charge on any atom is -0.480 e. The molecule has 0 saturated heterocycles. The van der Waals surface area contributed by atoms with Gasteiger partial charge < -0.3 is 10.0 Å². The zero-order chi connectivity index (χ0) is 15.3. The molecule has 0 unspecified atom stereocenters. The molecule has 0 radical (unpaired) electrons.